The fourth-order valence-corrected chi connectivity index (χ4v) is 3.72. The summed E-state index contributed by atoms with van der Waals surface area (Å²) in [6, 6.07) is 3.02. The number of nitrogens with one attached hydrogen (secondary N) is 1. The lowest BCUT2D eigenvalue weighted by Gasteiger charge is -2.18. The molecule has 0 saturated heterocycles. The van der Waals surface area contributed by atoms with Crippen LogP contribution in [-0.4, -0.2) is 41.4 Å². The van der Waals surface area contributed by atoms with Crippen molar-refractivity contribution in [2.75, 3.05) is 7.11 Å². The molecule has 1 aromatic carbocycles. The van der Waals surface area contributed by atoms with Crippen molar-refractivity contribution < 1.29 is 23.1 Å². The van der Waals surface area contributed by atoms with E-state index in [1.165, 1.54) is 25.6 Å². The molecule has 2 N–H and O–H groups in total. The van der Waals surface area contributed by atoms with Gasteiger partial charge in [-0.2, -0.15) is 0 Å². The van der Waals surface area contributed by atoms with Crippen LogP contribution in [0, 0.1) is 0 Å². The van der Waals surface area contributed by atoms with Gasteiger partial charge in [0.1, 0.15) is 17.0 Å². The molecule has 0 amide bonds. The van der Waals surface area contributed by atoms with Crippen molar-refractivity contribution >= 4 is 16.0 Å². The highest BCUT2D eigenvalue weighted by molar-refractivity contribution is 7.89. The van der Waals surface area contributed by atoms with Crippen LogP contribution in [-0.2, 0) is 10.0 Å². The molecule has 2 aromatic rings. The largest absolute Gasteiger partial charge is 0.495 e. The maximum atomic E-state index is 12.7. The van der Waals surface area contributed by atoms with E-state index in [-0.39, 0.29) is 22.3 Å². The van der Waals surface area contributed by atoms with Crippen LogP contribution in [0.4, 0.5) is 0 Å². The summed E-state index contributed by atoms with van der Waals surface area (Å²) in [5.41, 5.74) is -0.154. The molecule has 1 atom stereocenters. The van der Waals surface area contributed by atoms with E-state index in [0.29, 0.717) is 5.82 Å². The number of hydrogen-bond acceptors (Lipinski definition) is 6. The van der Waals surface area contributed by atoms with Gasteiger partial charge in [-0.15, -0.1) is 10.2 Å². The molecule has 0 saturated carbocycles. The molecule has 1 aromatic heterocycles. The normalized spacial score (nSPS) is 13.0. The summed E-state index contributed by atoms with van der Waals surface area (Å²) in [4.78, 5) is 10.9. The maximum Gasteiger partial charge on any atom is 0.335 e. The van der Waals surface area contributed by atoms with Crippen LogP contribution in [0.25, 0.3) is 0 Å². The molecule has 25 heavy (non-hydrogen) atoms. The molecule has 0 spiro atoms. The first-order valence-electron chi connectivity index (χ1n) is 7.50. The number of aromatic nitrogens is 3. The Morgan fingerprint density at radius 2 is 2.00 bits per heavy atom. The predicted molar refractivity (Wildman–Crippen MR) is 89.1 cm³/mol. The molecule has 10 heteroatoms. The second kappa shape index (κ2) is 7.19. The topological polar surface area (TPSA) is 123 Å². The van der Waals surface area contributed by atoms with E-state index in [1.54, 1.807) is 11.5 Å². The summed E-state index contributed by atoms with van der Waals surface area (Å²) in [6.45, 7) is 5.48. The Balaban J connectivity index is 2.40. The van der Waals surface area contributed by atoms with Crippen molar-refractivity contribution in [3.63, 3.8) is 0 Å². The molecule has 1 heterocycles. The number of hydrogen-bond donors (Lipinski definition) is 2. The highest BCUT2D eigenvalue weighted by Gasteiger charge is 2.26. The SMILES string of the molecule is COc1ccc(C(=O)O)cc1S(=O)(=O)NC(C)c1nncn1C(C)C. The van der Waals surface area contributed by atoms with Gasteiger partial charge < -0.3 is 14.4 Å². The van der Waals surface area contributed by atoms with Gasteiger partial charge in [0.25, 0.3) is 0 Å². The zero-order valence-electron chi connectivity index (χ0n) is 14.3. The number of benzene rings is 1. The van der Waals surface area contributed by atoms with E-state index in [9.17, 15) is 13.2 Å². The number of sulfonamides is 1. The molecule has 136 valence electrons. The fraction of sp³-hybridized carbons (Fsp3) is 0.400. The first-order valence-corrected chi connectivity index (χ1v) is 8.98. The van der Waals surface area contributed by atoms with Crippen molar-refractivity contribution in [3.05, 3.63) is 35.9 Å². The molecule has 0 aliphatic carbocycles. The number of carboxylic acids is 1. The highest BCUT2D eigenvalue weighted by Crippen LogP contribution is 2.26. The summed E-state index contributed by atoms with van der Waals surface area (Å²) in [5, 5.41) is 16.9. The number of carbonyl (C=O) groups is 1. The van der Waals surface area contributed by atoms with Gasteiger partial charge in [0.05, 0.1) is 18.7 Å². The van der Waals surface area contributed by atoms with E-state index in [2.05, 4.69) is 14.9 Å². The Bertz CT molecular complexity index is 876. The van der Waals surface area contributed by atoms with Crippen LogP contribution in [0.5, 0.6) is 5.75 Å². The smallest absolute Gasteiger partial charge is 0.335 e. The summed E-state index contributed by atoms with van der Waals surface area (Å²) in [7, 11) is -2.73. The molecule has 2 rings (SSSR count). The summed E-state index contributed by atoms with van der Waals surface area (Å²) >= 11 is 0. The first kappa shape index (κ1) is 18.9. The van der Waals surface area contributed by atoms with Crippen LogP contribution < -0.4 is 9.46 Å². The maximum absolute atomic E-state index is 12.7. The summed E-state index contributed by atoms with van der Waals surface area (Å²) in [5.74, 6) is -0.728. The molecule has 0 aliphatic heterocycles. The molecular formula is C15H20N4O5S. The first-order chi connectivity index (χ1) is 11.7. The van der Waals surface area contributed by atoms with Crippen LogP contribution in [0.3, 0.4) is 0 Å². The van der Waals surface area contributed by atoms with Crippen LogP contribution in [0.1, 0.15) is 49.0 Å². The van der Waals surface area contributed by atoms with E-state index < -0.39 is 22.0 Å². The molecular weight excluding hydrogens is 348 g/mol. The van der Waals surface area contributed by atoms with Gasteiger partial charge >= 0.3 is 5.97 Å². The van der Waals surface area contributed by atoms with Gasteiger partial charge in [-0.3, -0.25) is 0 Å². The van der Waals surface area contributed by atoms with Gasteiger partial charge in [-0.1, -0.05) is 0 Å². The average Bonchev–Trinajstić information content (AvgIpc) is 3.03. The third-order valence-electron chi connectivity index (χ3n) is 3.58. The highest BCUT2D eigenvalue weighted by atomic mass is 32.2. The van der Waals surface area contributed by atoms with Gasteiger partial charge in [0.15, 0.2) is 5.82 Å². The van der Waals surface area contributed by atoms with Gasteiger partial charge in [0, 0.05) is 6.04 Å². The molecule has 1 unspecified atom stereocenters. The van der Waals surface area contributed by atoms with E-state index in [4.69, 9.17) is 9.84 Å². The lowest BCUT2D eigenvalue weighted by atomic mass is 10.2. The zero-order valence-corrected chi connectivity index (χ0v) is 15.1. The van der Waals surface area contributed by atoms with Crippen molar-refractivity contribution in [1.29, 1.82) is 0 Å². The molecule has 0 bridgehead atoms. The number of carboxylic acid groups (broad SMARTS) is 1. The van der Waals surface area contributed by atoms with Crippen LogP contribution in [0.15, 0.2) is 29.4 Å². The Hall–Kier alpha value is -2.46. The van der Waals surface area contributed by atoms with Crippen molar-refractivity contribution in [2.24, 2.45) is 0 Å². The van der Waals surface area contributed by atoms with E-state index in [0.717, 1.165) is 6.07 Å². The minimum absolute atomic E-state index is 0.0510. The van der Waals surface area contributed by atoms with E-state index >= 15 is 0 Å². The lowest BCUT2D eigenvalue weighted by Crippen LogP contribution is -2.29. The predicted octanol–water partition coefficient (Wildman–Crippen LogP) is 1.61. The van der Waals surface area contributed by atoms with E-state index in [1.807, 2.05) is 13.8 Å². The second-order valence-corrected chi connectivity index (χ2v) is 7.39. The van der Waals surface area contributed by atoms with Crippen molar-refractivity contribution in [2.45, 2.75) is 37.8 Å². The number of ether oxygens (including phenoxy) is 1. The van der Waals surface area contributed by atoms with Crippen molar-refractivity contribution in [1.82, 2.24) is 19.5 Å². The minimum atomic E-state index is -4.05. The Kier molecular flexibility index (Phi) is 5.43. The van der Waals surface area contributed by atoms with Crippen molar-refractivity contribution in [3.8, 4) is 5.75 Å². The zero-order chi connectivity index (χ0) is 18.8. The molecule has 0 radical (unpaired) electrons. The number of methoxy groups -OCH3 is 1. The summed E-state index contributed by atoms with van der Waals surface area (Å²) < 4.78 is 34.8. The number of rotatable bonds is 7. The Labute approximate surface area is 145 Å². The monoisotopic (exact) mass is 368 g/mol. The average molecular weight is 368 g/mol. The summed E-state index contributed by atoms with van der Waals surface area (Å²) in [6.07, 6.45) is 1.52. The van der Waals surface area contributed by atoms with Crippen LogP contribution in [0.2, 0.25) is 0 Å². The third kappa shape index (κ3) is 3.97. The number of nitrogens with zero attached hydrogens (tertiary/aromatic N) is 3. The molecule has 0 aliphatic rings. The Morgan fingerprint density at radius 1 is 1.32 bits per heavy atom. The Morgan fingerprint density at radius 3 is 2.56 bits per heavy atom. The third-order valence-corrected chi connectivity index (χ3v) is 5.14. The fourth-order valence-electron chi connectivity index (χ4n) is 2.33. The molecule has 0 fully saturated rings. The standard InChI is InChI=1S/C15H20N4O5S/c1-9(2)19-8-16-17-14(19)10(3)18-25(22,23)13-7-11(15(20)21)5-6-12(13)24-4/h5-10,18H,1-4H3,(H,20,21). The van der Waals surface area contributed by atoms with Gasteiger partial charge in [-0.05, 0) is 39.0 Å². The second-order valence-electron chi connectivity index (χ2n) is 5.70. The minimum Gasteiger partial charge on any atom is -0.495 e. The van der Waals surface area contributed by atoms with Gasteiger partial charge in [-0.25, -0.2) is 17.9 Å². The number of aromatic carboxylic acids is 1. The van der Waals surface area contributed by atoms with Crippen LogP contribution >= 0.6 is 0 Å². The molecule has 9 nitrogen and oxygen atoms in total. The lowest BCUT2D eigenvalue weighted by molar-refractivity contribution is 0.0696. The van der Waals surface area contributed by atoms with Gasteiger partial charge in [0.2, 0.25) is 10.0 Å². The quantitative estimate of drug-likeness (QED) is 0.761.